The van der Waals surface area contributed by atoms with Crippen molar-refractivity contribution in [3.63, 3.8) is 0 Å². The quantitative estimate of drug-likeness (QED) is 0.911. The van der Waals surface area contributed by atoms with Gasteiger partial charge in [-0.1, -0.05) is 26.0 Å². The van der Waals surface area contributed by atoms with E-state index in [9.17, 15) is 0 Å². The largest absolute Gasteiger partial charge is 0.377 e. The van der Waals surface area contributed by atoms with E-state index >= 15 is 0 Å². The van der Waals surface area contributed by atoms with Gasteiger partial charge in [-0.25, -0.2) is 4.98 Å². The van der Waals surface area contributed by atoms with Gasteiger partial charge in [-0.05, 0) is 25.5 Å². The van der Waals surface area contributed by atoms with Crippen LogP contribution in [0.3, 0.4) is 0 Å². The Bertz CT molecular complexity index is 630. The summed E-state index contributed by atoms with van der Waals surface area (Å²) >= 11 is 0. The van der Waals surface area contributed by atoms with E-state index in [1.165, 1.54) is 6.42 Å². The van der Waals surface area contributed by atoms with E-state index in [0.717, 1.165) is 23.5 Å². The molecule has 2 aromatic rings. The van der Waals surface area contributed by atoms with Gasteiger partial charge in [0, 0.05) is 24.0 Å². The number of benzene rings is 1. The number of hydrogen-bond acceptors (Lipinski definition) is 3. The van der Waals surface area contributed by atoms with E-state index < -0.39 is 0 Å². The minimum Gasteiger partial charge on any atom is -0.377 e. The fraction of sp³-hybridized carbons (Fsp3) is 0.588. The first-order chi connectivity index (χ1) is 10.1. The molecule has 4 atom stereocenters. The zero-order chi connectivity index (χ0) is 14.6. The van der Waals surface area contributed by atoms with E-state index in [4.69, 9.17) is 9.72 Å². The lowest BCUT2D eigenvalue weighted by atomic mass is 9.57. The lowest BCUT2D eigenvalue weighted by molar-refractivity contribution is -0.115. The molecule has 1 aliphatic heterocycles. The molecule has 1 saturated carbocycles. The first-order valence-electron chi connectivity index (χ1n) is 7.89. The van der Waals surface area contributed by atoms with Crippen molar-refractivity contribution in [2.75, 3.05) is 6.61 Å². The Balaban J connectivity index is 1.54. The second-order valence-electron chi connectivity index (χ2n) is 7.07. The van der Waals surface area contributed by atoms with Gasteiger partial charge in [-0.3, -0.25) is 0 Å². The van der Waals surface area contributed by atoms with Crippen molar-refractivity contribution >= 4 is 11.0 Å². The number of H-pyrrole nitrogens is 1. The minimum absolute atomic E-state index is 0.210. The predicted molar refractivity (Wildman–Crippen MR) is 83.1 cm³/mol. The number of imidazole rings is 1. The van der Waals surface area contributed by atoms with Gasteiger partial charge in [-0.2, -0.15) is 0 Å². The van der Waals surface area contributed by atoms with Crippen LogP contribution >= 0.6 is 0 Å². The van der Waals surface area contributed by atoms with Gasteiger partial charge in [0.05, 0.1) is 23.2 Å². The van der Waals surface area contributed by atoms with Gasteiger partial charge in [0.1, 0.15) is 5.82 Å². The van der Waals surface area contributed by atoms with Crippen LogP contribution in [0.1, 0.15) is 39.1 Å². The highest BCUT2D eigenvalue weighted by atomic mass is 16.5. The van der Waals surface area contributed by atoms with Gasteiger partial charge in [0.25, 0.3) is 0 Å². The van der Waals surface area contributed by atoms with Crippen LogP contribution in [0.15, 0.2) is 24.3 Å². The maximum atomic E-state index is 5.87. The summed E-state index contributed by atoms with van der Waals surface area (Å²) in [5.41, 5.74) is 2.36. The molecular weight excluding hydrogens is 262 g/mol. The number of aromatic nitrogens is 2. The highest BCUT2D eigenvalue weighted by molar-refractivity contribution is 5.74. The highest BCUT2D eigenvalue weighted by Gasteiger charge is 2.59. The van der Waals surface area contributed by atoms with Crippen LogP contribution in [0.5, 0.6) is 0 Å². The zero-order valence-electron chi connectivity index (χ0n) is 12.9. The number of nitrogens with zero attached hydrogens (tertiary/aromatic N) is 1. The lowest BCUT2D eigenvalue weighted by Gasteiger charge is -2.55. The third kappa shape index (κ3) is 1.93. The van der Waals surface area contributed by atoms with Crippen molar-refractivity contribution in [2.24, 2.45) is 11.3 Å². The average Bonchev–Trinajstić information content (AvgIpc) is 3.09. The molecule has 1 aliphatic carbocycles. The molecule has 4 rings (SSSR count). The molecule has 0 bridgehead atoms. The molecule has 1 aromatic carbocycles. The summed E-state index contributed by atoms with van der Waals surface area (Å²) in [5.74, 6) is 1.68. The van der Waals surface area contributed by atoms with Crippen LogP contribution < -0.4 is 5.32 Å². The normalized spacial score (nSPS) is 31.9. The van der Waals surface area contributed by atoms with Crippen LogP contribution in [0.4, 0.5) is 0 Å². The maximum Gasteiger partial charge on any atom is 0.124 e. The van der Waals surface area contributed by atoms with E-state index in [1.54, 1.807) is 0 Å². The number of aromatic amines is 1. The molecule has 1 saturated heterocycles. The Labute approximate surface area is 125 Å². The van der Waals surface area contributed by atoms with E-state index in [2.05, 4.69) is 43.2 Å². The number of ether oxygens (including phenoxy) is 1. The summed E-state index contributed by atoms with van der Waals surface area (Å²) in [7, 11) is 0. The predicted octanol–water partition coefficient (Wildman–Crippen LogP) is 3.03. The Morgan fingerprint density at radius 1 is 1.38 bits per heavy atom. The third-order valence-electron chi connectivity index (χ3n) is 5.35. The summed E-state index contributed by atoms with van der Waals surface area (Å²) in [4.78, 5) is 8.14. The Morgan fingerprint density at radius 3 is 3.00 bits per heavy atom. The molecule has 2 heterocycles. The SMILES string of the molecule is CC(NC1C2CCOC2C1(C)C)c1nc2ccccc2[nH]1. The van der Waals surface area contributed by atoms with Gasteiger partial charge in [0.15, 0.2) is 0 Å². The fourth-order valence-corrected chi connectivity index (χ4v) is 4.19. The average molecular weight is 285 g/mol. The molecule has 4 heteroatoms. The van der Waals surface area contributed by atoms with Crippen molar-refractivity contribution in [3.8, 4) is 0 Å². The standard InChI is InChI=1S/C17H23N3O/c1-10(16-19-12-6-4-5-7-13(12)20-16)18-14-11-8-9-21-15(11)17(14,2)3/h4-7,10-11,14-15,18H,8-9H2,1-3H3,(H,19,20). The second-order valence-corrected chi connectivity index (χ2v) is 7.07. The van der Waals surface area contributed by atoms with Crippen molar-refractivity contribution in [1.29, 1.82) is 0 Å². The number of nitrogens with one attached hydrogen (secondary N) is 2. The first-order valence-corrected chi connectivity index (χ1v) is 7.89. The number of rotatable bonds is 3. The van der Waals surface area contributed by atoms with Crippen molar-refractivity contribution in [2.45, 2.75) is 45.4 Å². The van der Waals surface area contributed by atoms with Gasteiger partial charge >= 0.3 is 0 Å². The number of hydrogen-bond donors (Lipinski definition) is 2. The number of fused-ring (bicyclic) bond motifs is 2. The molecule has 4 unspecified atom stereocenters. The van der Waals surface area contributed by atoms with Crippen LogP contribution in [0.25, 0.3) is 11.0 Å². The maximum absolute atomic E-state index is 5.87. The van der Waals surface area contributed by atoms with E-state index in [0.29, 0.717) is 18.1 Å². The molecule has 0 radical (unpaired) electrons. The molecule has 0 amide bonds. The number of para-hydroxylation sites is 2. The first kappa shape index (κ1) is 13.3. The van der Waals surface area contributed by atoms with Gasteiger partial charge in [-0.15, -0.1) is 0 Å². The smallest absolute Gasteiger partial charge is 0.124 e. The zero-order valence-corrected chi connectivity index (χ0v) is 12.9. The molecule has 2 fully saturated rings. The molecular formula is C17H23N3O. The fourth-order valence-electron chi connectivity index (χ4n) is 4.19. The molecule has 2 N–H and O–H groups in total. The van der Waals surface area contributed by atoms with Crippen LogP contribution in [-0.2, 0) is 4.74 Å². The molecule has 112 valence electrons. The lowest BCUT2D eigenvalue weighted by Crippen LogP contribution is -2.66. The summed E-state index contributed by atoms with van der Waals surface area (Å²) < 4.78 is 5.87. The second kappa shape index (κ2) is 4.55. The van der Waals surface area contributed by atoms with Gasteiger partial charge < -0.3 is 15.0 Å². The summed E-state index contributed by atoms with van der Waals surface area (Å²) in [6.07, 6.45) is 1.61. The van der Waals surface area contributed by atoms with Crippen LogP contribution in [-0.4, -0.2) is 28.7 Å². The Morgan fingerprint density at radius 2 is 2.19 bits per heavy atom. The molecule has 2 aliphatic rings. The summed E-state index contributed by atoms with van der Waals surface area (Å²) in [5, 5.41) is 3.78. The monoisotopic (exact) mass is 285 g/mol. The Hall–Kier alpha value is -1.39. The summed E-state index contributed by atoms with van der Waals surface area (Å²) in [6, 6.07) is 8.93. The van der Waals surface area contributed by atoms with Crippen LogP contribution in [0, 0.1) is 11.3 Å². The topological polar surface area (TPSA) is 49.9 Å². The highest BCUT2D eigenvalue weighted by Crippen LogP contribution is 2.52. The Kier molecular flexibility index (Phi) is 2.88. The molecule has 21 heavy (non-hydrogen) atoms. The molecule has 4 nitrogen and oxygen atoms in total. The minimum atomic E-state index is 0.210. The van der Waals surface area contributed by atoms with Crippen molar-refractivity contribution < 1.29 is 4.74 Å². The van der Waals surface area contributed by atoms with Gasteiger partial charge in [0.2, 0.25) is 0 Å². The molecule has 1 aromatic heterocycles. The third-order valence-corrected chi connectivity index (χ3v) is 5.35. The van der Waals surface area contributed by atoms with E-state index in [-0.39, 0.29) is 11.5 Å². The molecule has 0 spiro atoms. The van der Waals surface area contributed by atoms with E-state index in [1.807, 2.05) is 12.1 Å². The van der Waals surface area contributed by atoms with Crippen LogP contribution in [0.2, 0.25) is 0 Å². The van der Waals surface area contributed by atoms with Crippen molar-refractivity contribution in [1.82, 2.24) is 15.3 Å². The summed E-state index contributed by atoms with van der Waals surface area (Å²) in [6.45, 7) is 7.72. The van der Waals surface area contributed by atoms with Crippen molar-refractivity contribution in [3.05, 3.63) is 30.1 Å².